The van der Waals surface area contributed by atoms with Crippen molar-refractivity contribution in [1.82, 2.24) is 19.5 Å². The predicted molar refractivity (Wildman–Crippen MR) is 138 cm³/mol. The van der Waals surface area contributed by atoms with Crippen LogP contribution in [0.5, 0.6) is 0 Å². The van der Waals surface area contributed by atoms with Crippen molar-refractivity contribution in [3.63, 3.8) is 0 Å². The summed E-state index contributed by atoms with van der Waals surface area (Å²) in [5.41, 5.74) is 7.48. The van der Waals surface area contributed by atoms with Crippen LogP contribution in [0.4, 0.5) is 5.82 Å². The molecule has 1 aliphatic heterocycles. The number of nitrogens with two attached hydrogens (primary N) is 1. The third-order valence-electron chi connectivity index (χ3n) is 5.07. The highest BCUT2D eigenvalue weighted by Gasteiger charge is 2.46. The van der Waals surface area contributed by atoms with Crippen LogP contribution in [0.3, 0.4) is 0 Å². The molecule has 39 heavy (non-hydrogen) atoms. The van der Waals surface area contributed by atoms with Gasteiger partial charge in [-0.2, -0.15) is 4.31 Å². The SMILES string of the molecule is Nc1nc(SCc2ccccc2)nc2c1ncn2[C@H]1O[C@@H](COP(O)(=S)OP(=O)(O)OP(=O)(O)O)[C@H](O)[C@@H]1O. The van der Waals surface area contributed by atoms with E-state index in [0.717, 1.165) is 5.56 Å². The number of imidazole rings is 1. The van der Waals surface area contributed by atoms with Crippen LogP contribution in [-0.4, -0.2) is 74.2 Å². The first-order valence-electron chi connectivity index (χ1n) is 10.6. The molecule has 4 rings (SSSR count). The van der Waals surface area contributed by atoms with Crippen molar-refractivity contribution in [2.24, 2.45) is 0 Å². The Morgan fingerprint density at radius 2 is 1.77 bits per heavy atom. The molecule has 17 nitrogen and oxygen atoms in total. The molecule has 0 bridgehead atoms. The normalized spacial score (nSPS) is 25.0. The molecular formula is C17H22N5O12P3S2. The van der Waals surface area contributed by atoms with Crippen LogP contribution in [-0.2, 0) is 44.6 Å². The lowest BCUT2D eigenvalue weighted by Crippen LogP contribution is -2.33. The zero-order valence-corrected chi connectivity index (χ0v) is 23.7. The van der Waals surface area contributed by atoms with Crippen LogP contribution in [0.1, 0.15) is 11.8 Å². The Kier molecular flexibility index (Phi) is 9.30. The van der Waals surface area contributed by atoms with E-state index in [2.05, 4.69) is 35.4 Å². The number of ether oxygens (including phenoxy) is 1. The minimum Gasteiger partial charge on any atom is -0.387 e. The maximum atomic E-state index is 11.7. The van der Waals surface area contributed by atoms with Gasteiger partial charge in [0.05, 0.1) is 12.9 Å². The molecule has 3 heterocycles. The number of thioether (sulfide) groups is 1. The van der Waals surface area contributed by atoms with Gasteiger partial charge in [-0.15, -0.1) is 0 Å². The summed E-state index contributed by atoms with van der Waals surface area (Å²) >= 11 is 5.86. The van der Waals surface area contributed by atoms with Crippen molar-refractivity contribution in [2.75, 3.05) is 12.3 Å². The highest BCUT2D eigenvalue weighted by molar-refractivity contribution is 8.08. The number of nitrogen functional groups attached to an aromatic ring is 1. The van der Waals surface area contributed by atoms with Gasteiger partial charge < -0.3 is 44.8 Å². The Morgan fingerprint density at radius 1 is 1.08 bits per heavy atom. The number of fused-ring (bicyclic) bond motifs is 1. The summed E-state index contributed by atoms with van der Waals surface area (Å²) in [7, 11) is -11.0. The van der Waals surface area contributed by atoms with Crippen molar-refractivity contribution in [3.05, 3.63) is 42.2 Å². The van der Waals surface area contributed by atoms with Crippen molar-refractivity contribution >= 4 is 62.9 Å². The molecule has 22 heteroatoms. The Labute approximate surface area is 229 Å². The Balaban J connectivity index is 1.47. The van der Waals surface area contributed by atoms with Gasteiger partial charge in [-0.25, -0.2) is 28.4 Å². The summed E-state index contributed by atoms with van der Waals surface area (Å²) in [5, 5.41) is 21.4. The van der Waals surface area contributed by atoms with E-state index < -0.39 is 53.5 Å². The van der Waals surface area contributed by atoms with E-state index in [1.54, 1.807) is 0 Å². The van der Waals surface area contributed by atoms with Gasteiger partial charge in [-0.3, -0.25) is 4.57 Å². The zero-order chi connectivity index (χ0) is 28.6. The lowest BCUT2D eigenvalue weighted by atomic mass is 10.1. The minimum absolute atomic E-state index is 0.0753. The maximum Gasteiger partial charge on any atom is 0.488 e. The highest BCUT2D eigenvalue weighted by atomic mass is 32.5. The molecule has 0 amide bonds. The van der Waals surface area contributed by atoms with Gasteiger partial charge in [0, 0.05) is 5.75 Å². The molecule has 1 aliphatic rings. The minimum atomic E-state index is -5.52. The number of aromatic nitrogens is 4. The van der Waals surface area contributed by atoms with Crippen LogP contribution in [0, 0.1) is 0 Å². The summed E-state index contributed by atoms with van der Waals surface area (Å²) in [4.78, 5) is 49.5. The van der Waals surface area contributed by atoms with Gasteiger partial charge in [-0.1, -0.05) is 42.1 Å². The molecule has 2 unspecified atom stereocenters. The van der Waals surface area contributed by atoms with E-state index in [-0.39, 0.29) is 17.0 Å². The zero-order valence-electron chi connectivity index (χ0n) is 19.3. The molecule has 214 valence electrons. The molecule has 1 saturated heterocycles. The quantitative estimate of drug-likeness (QED) is 0.0863. The lowest BCUT2D eigenvalue weighted by Gasteiger charge is -2.21. The van der Waals surface area contributed by atoms with Gasteiger partial charge >= 0.3 is 22.4 Å². The molecule has 8 N–H and O–H groups in total. The largest absolute Gasteiger partial charge is 0.488 e. The molecule has 1 aromatic carbocycles. The lowest BCUT2D eigenvalue weighted by molar-refractivity contribution is -0.0486. The maximum absolute atomic E-state index is 11.7. The molecule has 3 aromatic rings. The van der Waals surface area contributed by atoms with Crippen LogP contribution < -0.4 is 5.73 Å². The van der Waals surface area contributed by atoms with E-state index in [9.17, 15) is 29.1 Å². The molecule has 1 fully saturated rings. The number of phosphoric acid groups is 2. The Morgan fingerprint density at radius 3 is 2.44 bits per heavy atom. The molecule has 6 atom stereocenters. The van der Waals surface area contributed by atoms with E-state index >= 15 is 0 Å². The summed E-state index contributed by atoms with van der Waals surface area (Å²) in [6.07, 6.45) is -4.52. The van der Waals surface area contributed by atoms with Crippen molar-refractivity contribution < 1.29 is 56.8 Å². The third kappa shape index (κ3) is 7.89. The second-order valence-electron chi connectivity index (χ2n) is 7.92. The first-order valence-corrected chi connectivity index (χ1v) is 17.2. The summed E-state index contributed by atoms with van der Waals surface area (Å²) < 4.78 is 42.0. The van der Waals surface area contributed by atoms with Crippen molar-refractivity contribution in [2.45, 2.75) is 35.4 Å². The van der Waals surface area contributed by atoms with Gasteiger partial charge in [0.2, 0.25) is 0 Å². The number of rotatable bonds is 11. The van der Waals surface area contributed by atoms with Crippen LogP contribution >= 0.6 is 34.1 Å². The Hall–Kier alpha value is -1.37. The fourth-order valence-corrected chi connectivity index (χ4v) is 8.23. The summed E-state index contributed by atoms with van der Waals surface area (Å²) in [6.45, 7) is -5.41. The molecule has 0 saturated carbocycles. The van der Waals surface area contributed by atoms with Gasteiger partial charge in [0.25, 0.3) is 0 Å². The van der Waals surface area contributed by atoms with Crippen LogP contribution in [0.2, 0.25) is 0 Å². The number of aliphatic hydroxyl groups is 2. The van der Waals surface area contributed by atoms with E-state index in [1.807, 2.05) is 30.3 Å². The highest BCUT2D eigenvalue weighted by Crippen LogP contribution is 2.66. The van der Waals surface area contributed by atoms with Gasteiger partial charge in [0.1, 0.15) is 23.8 Å². The van der Waals surface area contributed by atoms with Gasteiger partial charge in [0.15, 0.2) is 22.8 Å². The number of anilines is 1. The number of benzene rings is 1. The monoisotopic (exact) mass is 645 g/mol. The second kappa shape index (κ2) is 11.9. The van der Waals surface area contributed by atoms with Crippen molar-refractivity contribution in [1.29, 1.82) is 0 Å². The summed E-state index contributed by atoms with van der Waals surface area (Å²) in [5.74, 6) is 0.627. The first-order chi connectivity index (χ1) is 18.1. The number of aliphatic hydroxyl groups excluding tert-OH is 2. The molecular weight excluding hydrogens is 623 g/mol. The average Bonchev–Trinajstić information content (AvgIpc) is 3.36. The standard InChI is InChI=1S/C17H22N5O12P3S2/c18-14-11-15(21-17(20-14)39-7-9-4-2-1-3-5-9)22(8-19-11)16-13(24)12(23)10(32-16)6-31-37(30,38)34-36(28,29)33-35(25,26)27/h1-5,8,10,12-13,16,23-24H,6-7H2,(H,28,29)(H,30,38)(H2,18,20,21)(H2,25,26,27)/t10-,12-,13-,16-,37?/m0/s1. The number of nitrogens with zero attached hydrogens (tertiary/aromatic N) is 4. The predicted octanol–water partition coefficient (Wildman–Crippen LogP) is 0.780. The summed E-state index contributed by atoms with van der Waals surface area (Å²) in [6, 6.07) is 9.56. The average molecular weight is 645 g/mol. The smallest absolute Gasteiger partial charge is 0.387 e. The third-order valence-corrected chi connectivity index (χ3v) is 10.7. The molecule has 0 aliphatic carbocycles. The second-order valence-corrected chi connectivity index (χ2v) is 14.7. The van der Waals surface area contributed by atoms with Crippen molar-refractivity contribution in [3.8, 4) is 0 Å². The van der Waals surface area contributed by atoms with E-state index in [1.165, 1.54) is 22.7 Å². The first kappa shape index (κ1) is 30.6. The number of hydrogen-bond donors (Lipinski definition) is 7. The van der Waals surface area contributed by atoms with E-state index in [4.69, 9.17) is 24.8 Å². The number of hydrogen-bond acceptors (Lipinski definition) is 14. The Bertz CT molecular complexity index is 1480. The topological polar surface area (TPSA) is 262 Å². The van der Waals surface area contributed by atoms with Crippen LogP contribution in [0.25, 0.3) is 11.2 Å². The van der Waals surface area contributed by atoms with E-state index in [0.29, 0.717) is 10.9 Å². The molecule has 0 radical (unpaired) electrons. The fraction of sp³-hybridized carbons (Fsp3) is 0.353. The molecule has 2 aromatic heterocycles. The van der Waals surface area contributed by atoms with Crippen LogP contribution in [0.15, 0.2) is 41.8 Å². The van der Waals surface area contributed by atoms with Gasteiger partial charge in [-0.05, 0) is 17.4 Å². The fourth-order valence-electron chi connectivity index (χ4n) is 3.46. The molecule has 0 spiro atoms.